The molecular weight excluding hydrogens is 223 g/mol. The summed E-state index contributed by atoms with van der Waals surface area (Å²) in [6.07, 6.45) is 3.10. The summed E-state index contributed by atoms with van der Waals surface area (Å²) in [5.74, 6) is 0. The lowest BCUT2D eigenvalue weighted by atomic mass is 10.2. The van der Waals surface area contributed by atoms with E-state index in [1.807, 2.05) is 13.8 Å². The standard InChI is InChI=1S/C9H12Cl2N2O/c1-3-6(4-2)13-9(14)8(11)7(10)5-12-13/h5-6H,3-4H2,1-2H3. The largest absolute Gasteiger partial charge is 0.287 e. The lowest BCUT2D eigenvalue weighted by molar-refractivity contribution is 0.409. The van der Waals surface area contributed by atoms with Gasteiger partial charge in [-0.05, 0) is 12.8 Å². The minimum atomic E-state index is -0.312. The molecule has 5 heteroatoms. The van der Waals surface area contributed by atoms with Gasteiger partial charge in [-0.2, -0.15) is 5.10 Å². The van der Waals surface area contributed by atoms with E-state index in [4.69, 9.17) is 23.2 Å². The number of hydrogen-bond acceptors (Lipinski definition) is 2. The molecule has 1 aromatic heterocycles. The van der Waals surface area contributed by atoms with Gasteiger partial charge in [0.2, 0.25) is 0 Å². The van der Waals surface area contributed by atoms with Gasteiger partial charge < -0.3 is 0 Å². The molecular formula is C9H12Cl2N2O. The lowest BCUT2D eigenvalue weighted by Crippen LogP contribution is -2.27. The monoisotopic (exact) mass is 234 g/mol. The zero-order valence-corrected chi connectivity index (χ0v) is 9.64. The van der Waals surface area contributed by atoms with Crippen molar-refractivity contribution in [3.05, 3.63) is 26.6 Å². The molecule has 0 aliphatic carbocycles. The van der Waals surface area contributed by atoms with Crippen LogP contribution < -0.4 is 5.56 Å². The average molecular weight is 235 g/mol. The third-order valence-corrected chi connectivity index (χ3v) is 2.94. The topological polar surface area (TPSA) is 34.9 Å². The molecule has 3 nitrogen and oxygen atoms in total. The Morgan fingerprint density at radius 2 is 2.00 bits per heavy atom. The summed E-state index contributed by atoms with van der Waals surface area (Å²) in [4.78, 5) is 11.6. The molecule has 0 fully saturated rings. The van der Waals surface area contributed by atoms with Crippen LogP contribution in [-0.2, 0) is 0 Å². The number of halogens is 2. The van der Waals surface area contributed by atoms with Crippen molar-refractivity contribution in [1.82, 2.24) is 9.78 Å². The molecule has 0 N–H and O–H groups in total. The normalized spacial score (nSPS) is 10.9. The van der Waals surface area contributed by atoms with Gasteiger partial charge in [-0.15, -0.1) is 0 Å². The highest BCUT2D eigenvalue weighted by Crippen LogP contribution is 2.18. The van der Waals surface area contributed by atoms with Crippen LogP contribution in [0.1, 0.15) is 32.7 Å². The zero-order valence-electron chi connectivity index (χ0n) is 8.13. The predicted molar refractivity (Wildman–Crippen MR) is 58.1 cm³/mol. The Hall–Kier alpha value is -0.540. The van der Waals surface area contributed by atoms with Crippen LogP contribution in [-0.4, -0.2) is 9.78 Å². The Balaban J connectivity index is 3.23. The molecule has 0 saturated carbocycles. The Morgan fingerprint density at radius 1 is 1.43 bits per heavy atom. The Labute approximate surface area is 92.6 Å². The van der Waals surface area contributed by atoms with E-state index in [0.29, 0.717) is 0 Å². The SMILES string of the molecule is CCC(CC)n1ncc(Cl)c(Cl)c1=O. The van der Waals surface area contributed by atoms with Gasteiger partial charge >= 0.3 is 0 Å². The molecule has 0 atom stereocenters. The van der Waals surface area contributed by atoms with E-state index in [9.17, 15) is 4.79 Å². The van der Waals surface area contributed by atoms with Crippen molar-refractivity contribution >= 4 is 23.2 Å². The van der Waals surface area contributed by atoms with Gasteiger partial charge in [0.1, 0.15) is 5.02 Å². The van der Waals surface area contributed by atoms with Gasteiger partial charge in [-0.3, -0.25) is 4.79 Å². The first-order valence-corrected chi connectivity index (χ1v) is 5.30. The van der Waals surface area contributed by atoms with Crippen molar-refractivity contribution in [3.8, 4) is 0 Å². The molecule has 0 saturated heterocycles. The zero-order chi connectivity index (χ0) is 10.7. The maximum absolute atomic E-state index is 11.6. The minimum absolute atomic E-state index is 0.0496. The highest BCUT2D eigenvalue weighted by atomic mass is 35.5. The predicted octanol–water partition coefficient (Wildman–Crippen LogP) is 2.91. The molecule has 78 valence electrons. The van der Waals surface area contributed by atoms with E-state index in [1.165, 1.54) is 10.9 Å². The van der Waals surface area contributed by atoms with Crippen molar-refractivity contribution < 1.29 is 0 Å². The first kappa shape index (κ1) is 11.5. The smallest absolute Gasteiger partial charge is 0.266 e. The van der Waals surface area contributed by atoms with Crippen molar-refractivity contribution in [3.63, 3.8) is 0 Å². The van der Waals surface area contributed by atoms with Gasteiger partial charge in [0.15, 0.2) is 0 Å². The van der Waals surface area contributed by atoms with Crippen molar-refractivity contribution in [2.24, 2.45) is 0 Å². The van der Waals surface area contributed by atoms with E-state index in [0.717, 1.165) is 12.8 Å². The number of hydrogen-bond donors (Lipinski definition) is 0. The first-order valence-electron chi connectivity index (χ1n) is 4.54. The molecule has 1 heterocycles. The fourth-order valence-corrected chi connectivity index (χ4v) is 1.58. The fourth-order valence-electron chi connectivity index (χ4n) is 1.32. The molecule has 14 heavy (non-hydrogen) atoms. The summed E-state index contributed by atoms with van der Waals surface area (Å²) < 4.78 is 1.40. The third-order valence-electron chi connectivity index (χ3n) is 2.19. The summed E-state index contributed by atoms with van der Waals surface area (Å²) in [6.45, 7) is 4.01. The first-order chi connectivity index (χ1) is 6.61. The van der Waals surface area contributed by atoms with Gasteiger partial charge in [0.25, 0.3) is 5.56 Å². The lowest BCUT2D eigenvalue weighted by Gasteiger charge is -2.14. The van der Waals surface area contributed by atoms with Crippen molar-refractivity contribution in [1.29, 1.82) is 0 Å². The fraction of sp³-hybridized carbons (Fsp3) is 0.556. The Bertz CT molecular complexity index is 372. The number of aromatic nitrogens is 2. The molecule has 0 aliphatic heterocycles. The number of rotatable bonds is 3. The molecule has 0 unspecified atom stereocenters. The second-order valence-electron chi connectivity index (χ2n) is 3.03. The number of nitrogens with zero attached hydrogens (tertiary/aromatic N) is 2. The second kappa shape index (κ2) is 4.80. The van der Waals surface area contributed by atoms with Gasteiger partial charge in [-0.1, -0.05) is 37.0 Å². The third kappa shape index (κ3) is 2.10. The summed E-state index contributed by atoms with van der Waals surface area (Å²) >= 11 is 11.4. The summed E-state index contributed by atoms with van der Waals surface area (Å²) in [6, 6.07) is 0.0947. The van der Waals surface area contributed by atoms with Crippen molar-refractivity contribution in [2.45, 2.75) is 32.7 Å². The van der Waals surface area contributed by atoms with Crippen LogP contribution in [0.2, 0.25) is 10.0 Å². The van der Waals surface area contributed by atoms with E-state index >= 15 is 0 Å². The molecule has 1 rings (SSSR count). The quantitative estimate of drug-likeness (QED) is 0.807. The van der Waals surface area contributed by atoms with Crippen LogP contribution in [0.5, 0.6) is 0 Å². The highest BCUT2D eigenvalue weighted by Gasteiger charge is 2.13. The van der Waals surface area contributed by atoms with Crippen LogP contribution in [0.25, 0.3) is 0 Å². The Kier molecular flexibility index (Phi) is 3.96. The van der Waals surface area contributed by atoms with Crippen LogP contribution in [0.4, 0.5) is 0 Å². The Morgan fingerprint density at radius 3 is 2.50 bits per heavy atom. The summed E-state index contributed by atoms with van der Waals surface area (Å²) in [7, 11) is 0. The second-order valence-corrected chi connectivity index (χ2v) is 3.81. The van der Waals surface area contributed by atoms with Gasteiger partial charge in [0, 0.05) is 0 Å². The van der Waals surface area contributed by atoms with Crippen molar-refractivity contribution in [2.75, 3.05) is 0 Å². The highest BCUT2D eigenvalue weighted by molar-refractivity contribution is 6.41. The van der Waals surface area contributed by atoms with Crippen LogP contribution in [0, 0.1) is 0 Å². The van der Waals surface area contributed by atoms with E-state index in [-0.39, 0.29) is 21.6 Å². The molecule has 1 aromatic rings. The van der Waals surface area contributed by atoms with E-state index < -0.39 is 0 Å². The van der Waals surface area contributed by atoms with Crippen LogP contribution in [0.3, 0.4) is 0 Å². The van der Waals surface area contributed by atoms with Gasteiger partial charge in [0.05, 0.1) is 17.3 Å². The molecule has 0 spiro atoms. The van der Waals surface area contributed by atoms with Crippen LogP contribution >= 0.6 is 23.2 Å². The minimum Gasteiger partial charge on any atom is -0.266 e. The van der Waals surface area contributed by atoms with Gasteiger partial charge in [-0.25, -0.2) is 4.68 Å². The summed E-state index contributed by atoms with van der Waals surface area (Å²) in [5.41, 5.74) is -0.312. The van der Waals surface area contributed by atoms with E-state index in [2.05, 4.69) is 5.10 Å². The molecule has 0 bridgehead atoms. The molecule has 0 aromatic carbocycles. The maximum atomic E-state index is 11.6. The maximum Gasteiger partial charge on any atom is 0.287 e. The molecule has 0 radical (unpaired) electrons. The summed E-state index contributed by atoms with van der Waals surface area (Å²) in [5, 5.41) is 4.23. The molecule has 0 amide bonds. The van der Waals surface area contributed by atoms with Crippen LogP contribution in [0.15, 0.2) is 11.0 Å². The van der Waals surface area contributed by atoms with E-state index in [1.54, 1.807) is 0 Å². The molecule has 0 aliphatic rings. The average Bonchev–Trinajstić information content (AvgIpc) is 2.19.